The van der Waals surface area contributed by atoms with Crippen molar-refractivity contribution >= 4 is 12.0 Å². The molecule has 0 aliphatic carbocycles. The summed E-state index contributed by atoms with van der Waals surface area (Å²) in [7, 11) is 0. The molecule has 0 saturated carbocycles. The van der Waals surface area contributed by atoms with Gasteiger partial charge in [-0.1, -0.05) is 18.7 Å². The molecular weight excluding hydrogens is 216 g/mol. The monoisotopic (exact) mass is 234 g/mol. The molecule has 0 atom stereocenters. The van der Waals surface area contributed by atoms with Crippen molar-refractivity contribution in [1.82, 2.24) is 0 Å². The average Bonchev–Trinajstić information content (AvgIpc) is 2.19. The Morgan fingerprint density at radius 3 is 2.47 bits per heavy atom. The number of hydrogen-bond donors (Lipinski definition) is 1. The van der Waals surface area contributed by atoms with Crippen LogP contribution in [0.1, 0.15) is 42.3 Å². The van der Waals surface area contributed by atoms with Gasteiger partial charge in [-0.2, -0.15) is 0 Å². The maximum atomic E-state index is 11.8. The Morgan fingerprint density at radius 1 is 1.41 bits per heavy atom. The minimum Gasteiger partial charge on any atom is -0.507 e. The lowest BCUT2D eigenvalue weighted by Gasteiger charge is -2.20. The van der Waals surface area contributed by atoms with Crippen molar-refractivity contribution in [2.24, 2.45) is 0 Å². The molecule has 0 spiro atoms. The molecule has 0 fully saturated rings. The molecule has 0 aromatic heterocycles. The van der Waals surface area contributed by atoms with E-state index in [2.05, 4.69) is 6.58 Å². The Kier molecular flexibility index (Phi) is 3.61. The molecule has 0 heterocycles. The topological polar surface area (TPSA) is 46.5 Å². The van der Waals surface area contributed by atoms with Crippen molar-refractivity contribution in [3.63, 3.8) is 0 Å². The number of hydrogen-bond acceptors (Lipinski definition) is 3. The lowest BCUT2D eigenvalue weighted by atomic mass is 10.0. The van der Waals surface area contributed by atoms with Crippen molar-refractivity contribution in [2.45, 2.75) is 33.3 Å². The van der Waals surface area contributed by atoms with Gasteiger partial charge < -0.3 is 9.84 Å². The molecule has 0 radical (unpaired) electrons. The summed E-state index contributed by atoms with van der Waals surface area (Å²) in [5.74, 6) is -0.564. The van der Waals surface area contributed by atoms with Crippen molar-refractivity contribution in [1.29, 1.82) is 0 Å². The quantitative estimate of drug-likeness (QED) is 0.799. The van der Waals surface area contributed by atoms with Gasteiger partial charge in [-0.3, -0.25) is 0 Å². The molecule has 3 nitrogen and oxygen atoms in total. The smallest absolute Gasteiger partial charge is 0.342 e. The highest BCUT2D eigenvalue weighted by Crippen LogP contribution is 2.27. The summed E-state index contributed by atoms with van der Waals surface area (Å²) >= 11 is 0. The Labute approximate surface area is 102 Å². The number of aromatic hydroxyl groups is 1. The highest BCUT2D eigenvalue weighted by molar-refractivity contribution is 5.93. The van der Waals surface area contributed by atoms with Gasteiger partial charge >= 0.3 is 5.97 Å². The zero-order chi connectivity index (χ0) is 13.2. The van der Waals surface area contributed by atoms with Crippen molar-refractivity contribution in [2.75, 3.05) is 0 Å². The molecule has 0 amide bonds. The van der Waals surface area contributed by atoms with Gasteiger partial charge in [0.15, 0.2) is 0 Å². The van der Waals surface area contributed by atoms with Crippen LogP contribution in [0.15, 0.2) is 18.7 Å². The zero-order valence-electron chi connectivity index (χ0n) is 10.7. The summed E-state index contributed by atoms with van der Waals surface area (Å²) < 4.78 is 5.21. The SMILES string of the molecule is C=Cc1ccc(C(=O)OC(C)(C)C)c(O)c1C. The normalized spacial score (nSPS) is 11.1. The van der Waals surface area contributed by atoms with E-state index in [9.17, 15) is 9.90 Å². The van der Waals surface area contributed by atoms with Gasteiger partial charge in [-0.05, 0) is 44.9 Å². The number of carbonyl (C=O) groups excluding carboxylic acids is 1. The number of esters is 1. The molecule has 0 unspecified atom stereocenters. The van der Waals surface area contributed by atoms with E-state index >= 15 is 0 Å². The first-order chi connectivity index (χ1) is 7.76. The maximum Gasteiger partial charge on any atom is 0.342 e. The second-order valence-electron chi connectivity index (χ2n) is 4.88. The predicted molar refractivity (Wildman–Crippen MR) is 68.1 cm³/mol. The van der Waals surface area contributed by atoms with Crippen LogP contribution >= 0.6 is 0 Å². The number of phenols is 1. The molecule has 17 heavy (non-hydrogen) atoms. The molecule has 0 aliphatic heterocycles. The van der Waals surface area contributed by atoms with E-state index in [1.807, 2.05) is 0 Å². The van der Waals surface area contributed by atoms with Crippen LogP contribution in [-0.4, -0.2) is 16.7 Å². The predicted octanol–water partition coefficient (Wildman–Crippen LogP) is 3.30. The van der Waals surface area contributed by atoms with Gasteiger partial charge in [-0.15, -0.1) is 0 Å². The highest BCUT2D eigenvalue weighted by Gasteiger charge is 2.21. The molecular formula is C14H18O3. The summed E-state index contributed by atoms with van der Waals surface area (Å²) in [6.45, 7) is 10.7. The standard InChI is InChI=1S/C14H18O3/c1-6-10-7-8-11(12(15)9(10)2)13(16)17-14(3,4)5/h6-8,15H,1H2,2-5H3. The van der Waals surface area contributed by atoms with Gasteiger partial charge in [0.1, 0.15) is 16.9 Å². The van der Waals surface area contributed by atoms with Crippen LogP contribution in [0.25, 0.3) is 6.08 Å². The van der Waals surface area contributed by atoms with E-state index in [0.717, 1.165) is 5.56 Å². The van der Waals surface area contributed by atoms with E-state index in [0.29, 0.717) is 5.56 Å². The summed E-state index contributed by atoms with van der Waals surface area (Å²) in [4.78, 5) is 11.8. The average molecular weight is 234 g/mol. The van der Waals surface area contributed by atoms with Gasteiger partial charge in [0, 0.05) is 0 Å². The van der Waals surface area contributed by atoms with Crippen LogP contribution in [0.3, 0.4) is 0 Å². The second-order valence-corrected chi connectivity index (χ2v) is 4.88. The fraction of sp³-hybridized carbons (Fsp3) is 0.357. The molecule has 1 aromatic carbocycles. The first-order valence-corrected chi connectivity index (χ1v) is 5.44. The second kappa shape index (κ2) is 4.62. The van der Waals surface area contributed by atoms with E-state index < -0.39 is 11.6 Å². The molecule has 92 valence electrons. The van der Waals surface area contributed by atoms with Gasteiger partial charge in [-0.25, -0.2) is 4.79 Å². The third kappa shape index (κ3) is 3.09. The first kappa shape index (κ1) is 13.3. The van der Waals surface area contributed by atoms with Crippen LogP contribution in [0, 0.1) is 6.92 Å². The van der Waals surface area contributed by atoms with Crippen LogP contribution in [0.4, 0.5) is 0 Å². The van der Waals surface area contributed by atoms with Crippen LogP contribution in [0.2, 0.25) is 0 Å². The summed E-state index contributed by atoms with van der Waals surface area (Å²) in [6.07, 6.45) is 1.63. The first-order valence-electron chi connectivity index (χ1n) is 5.44. The number of carbonyl (C=O) groups is 1. The number of benzene rings is 1. The van der Waals surface area contributed by atoms with E-state index in [1.54, 1.807) is 45.9 Å². The Bertz CT molecular complexity index is 453. The maximum absolute atomic E-state index is 11.8. The van der Waals surface area contributed by atoms with E-state index in [1.165, 1.54) is 0 Å². The van der Waals surface area contributed by atoms with Gasteiger partial charge in [0.25, 0.3) is 0 Å². The lowest BCUT2D eigenvalue weighted by molar-refractivity contribution is 0.00667. The molecule has 0 bridgehead atoms. The zero-order valence-corrected chi connectivity index (χ0v) is 10.7. The molecule has 0 saturated heterocycles. The molecule has 1 N–H and O–H groups in total. The fourth-order valence-electron chi connectivity index (χ4n) is 1.43. The van der Waals surface area contributed by atoms with Gasteiger partial charge in [0.2, 0.25) is 0 Å². The van der Waals surface area contributed by atoms with Gasteiger partial charge in [0.05, 0.1) is 0 Å². The number of ether oxygens (including phenoxy) is 1. The van der Waals surface area contributed by atoms with Crippen molar-refractivity contribution in [3.8, 4) is 5.75 Å². The van der Waals surface area contributed by atoms with E-state index in [-0.39, 0.29) is 11.3 Å². The number of phenolic OH excluding ortho intramolecular Hbond substituents is 1. The van der Waals surface area contributed by atoms with E-state index in [4.69, 9.17) is 4.74 Å². The Hall–Kier alpha value is -1.77. The molecule has 0 aliphatic rings. The van der Waals surface area contributed by atoms with Crippen molar-refractivity contribution in [3.05, 3.63) is 35.4 Å². The number of rotatable bonds is 2. The minimum atomic E-state index is -0.575. The molecule has 1 aromatic rings. The third-order valence-electron chi connectivity index (χ3n) is 2.31. The third-order valence-corrected chi connectivity index (χ3v) is 2.31. The summed E-state index contributed by atoms with van der Waals surface area (Å²) in [5, 5.41) is 9.93. The molecule has 1 rings (SSSR count). The Balaban J connectivity index is 3.12. The highest BCUT2D eigenvalue weighted by atomic mass is 16.6. The Morgan fingerprint density at radius 2 is 2.00 bits per heavy atom. The minimum absolute atomic E-state index is 0.0448. The van der Waals surface area contributed by atoms with Crippen LogP contribution in [0.5, 0.6) is 5.75 Å². The van der Waals surface area contributed by atoms with Crippen molar-refractivity contribution < 1.29 is 14.6 Å². The summed E-state index contributed by atoms with van der Waals surface area (Å²) in [5.41, 5.74) is 1.04. The van der Waals surface area contributed by atoms with Crippen LogP contribution in [-0.2, 0) is 4.74 Å². The summed E-state index contributed by atoms with van der Waals surface area (Å²) in [6, 6.07) is 3.29. The van der Waals surface area contributed by atoms with Crippen LogP contribution < -0.4 is 0 Å². The lowest BCUT2D eigenvalue weighted by Crippen LogP contribution is -2.24. The molecule has 3 heteroatoms. The largest absolute Gasteiger partial charge is 0.507 e. The fourth-order valence-corrected chi connectivity index (χ4v) is 1.43.